The maximum Gasteiger partial charge on any atom is 0.205 e. The number of rotatable bonds is 1. The topological polar surface area (TPSA) is 76.1 Å². The molecule has 0 aromatic heterocycles. The zero-order chi connectivity index (χ0) is 15.0. The van der Waals surface area contributed by atoms with Crippen molar-refractivity contribution in [2.45, 2.75) is 25.2 Å². The summed E-state index contributed by atoms with van der Waals surface area (Å²) in [5.41, 5.74) is 7.57. The van der Waals surface area contributed by atoms with Gasteiger partial charge in [0.15, 0.2) is 11.5 Å². The fourth-order valence-electron chi connectivity index (χ4n) is 2.87. The van der Waals surface area contributed by atoms with Crippen LogP contribution in [0.3, 0.4) is 0 Å². The number of benzene rings is 1. The lowest BCUT2D eigenvalue weighted by molar-refractivity contribution is -0.119. The predicted molar refractivity (Wildman–Crippen MR) is 72.9 cm³/mol. The van der Waals surface area contributed by atoms with E-state index in [2.05, 4.69) is 6.07 Å². The van der Waals surface area contributed by atoms with Gasteiger partial charge in [0.25, 0.3) is 0 Å². The summed E-state index contributed by atoms with van der Waals surface area (Å²) in [6, 6.07) is 7.95. The number of carbonyl (C=O) groups is 1. The molecule has 0 spiro atoms. The molecule has 2 aliphatic rings. The Morgan fingerprint density at radius 3 is 2.67 bits per heavy atom. The van der Waals surface area contributed by atoms with Crippen LogP contribution in [-0.2, 0) is 9.53 Å². The number of nitrogens with two attached hydrogens (primary N) is 1. The number of hydrogen-bond acceptors (Lipinski definition) is 4. The van der Waals surface area contributed by atoms with Crippen molar-refractivity contribution >= 4 is 5.78 Å². The second-order valence-corrected chi connectivity index (χ2v) is 5.11. The number of ether oxygens (including phenoxy) is 1. The van der Waals surface area contributed by atoms with E-state index >= 15 is 0 Å². The summed E-state index contributed by atoms with van der Waals surface area (Å²) in [4.78, 5) is 12.0. The van der Waals surface area contributed by atoms with Gasteiger partial charge in [0, 0.05) is 12.3 Å². The molecular formula is C16H13FN2O2. The minimum Gasteiger partial charge on any atom is -0.437 e. The molecule has 0 saturated heterocycles. The van der Waals surface area contributed by atoms with Gasteiger partial charge in [-0.05, 0) is 36.1 Å². The average Bonchev–Trinajstić information content (AvgIpc) is 2.48. The van der Waals surface area contributed by atoms with Crippen LogP contribution in [0.1, 0.15) is 30.7 Å². The van der Waals surface area contributed by atoms with Crippen molar-refractivity contribution in [3.05, 3.63) is 58.4 Å². The van der Waals surface area contributed by atoms with Crippen LogP contribution in [-0.4, -0.2) is 5.78 Å². The normalized spacial score (nSPS) is 21.7. The molecule has 1 aliphatic heterocycles. The Kier molecular flexibility index (Phi) is 3.22. The summed E-state index contributed by atoms with van der Waals surface area (Å²) in [6.07, 6.45) is 1.81. The second kappa shape index (κ2) is 5.06. The molecule has 0 saturated carbocycles. The van der Waals surface area contributed by atoms with Gasteiger partial charge in [-0.3, -0.25) is 4.79 Å². The maximum absolute atomic E-state index is 13.1. The Morgan fingerprint density at radius 1 is 1.29 bits per heavy atom. The highest BCUT2D eigenvalue weighted by atomic mass is 19.1. The third kappa shape index (κ3) is 2.19. The minimum absolute atomic E-state index is 0.0409. The molecule has 1 aromatic rings. The van der Waals surface area contributed by atoms with Crippen LogP contribution in [0, 0.1) is 17.1 Å². The fraction of sp³-hybridized carbons (Fsp3) is 0.250. The van der Waals surface area contributed by atoms with Crippen LogP contribution in [0.2, 0.25) is 0 Å². The lowest BCUT2D eigenvalue weighted by Crippen LogP contribution is -2.26. The summed E-state index contributed by atoms with van der Waals surface area (Å²) < 4.78 is 18.5. The third-order valence-electron chi connectivity index (χ3n) is 3.83. The highest BCUT2D eigenvalue weighted by Crippen LogP contribution is 2.43. The SMILES string of the molecule is N#CC1=C(N)OC2=C(CCCC2=O)[C@@H]1c1ccc(F)cc1. The van der Waals surface area contributed by atoms with Gasteiger partial charge >= 0.3 is 0 Å². The van der Waals surface area contributed by atoms with E-state index in [0.717, 1.165) is 17.6 Å². The van der Waals surface area contributed by atoms with E-state index in [4.69, 9.17) is 10.5 Å². The number of nitrogens with zero attached hydrogens (tertiary/aromatic N) is 1. The summed E-state index contributed by atoms with van der Waals surface area (Å²) in [5, 5.41) is 9.35. The van der Waals surface area contributed by atoms with E-state index in [1.807, 2.05) is 0 Å². The number of carbonyl (C=O) groups excluding carboxylic acids is 1. The Balaban J connectivity index is 2.16. The lowest BCUT2D eigenvalue weighted by atomic mass is 9.78. The van der Waals surface area contributed by atoms with Crippen molar-refractivity contribution in [2.24, 2.45) is 5.73 Å². The smallest absolute Gasteiger partial charge is 0.205 e. The van der Waals surface area contributed by atoms with Gasteiger partial charge in [0.2, 0.25) is 5.88 Å². The van der Waals surface area contributed by atoms with E-state index < -0.39 is 5.92 Å². The average molecular weight is 284 g/mol. The second-order valence-electron chi connectivity index (χ2n) is 5.11. The van der Waals surface area contributed by atoms with Gasteiger partial charge in [-0.2, -0.15) is 5.26 Å². The van der Waals surface area contributed by atoms with E-state index in [9.17, 15) is 14.4 Å². The van der Waals surface area contributed by atoms with Crippen LogP contribution in [0.25, 0.3) is 0 Å². The molecular weight excluding hydrogens is 271 g/mol. The standard InChI is InChI=1S/C16H13FN2O2/c17-10-6-4-9(5-7-10)14-11-2-1-3-13(20)15(11)21-16(19)12(14)8-18/h4-7,14H,1-3,19H2/t14-/m0/s1. The first-order valence-electron chi connectivity index (χ1n) is 6.71. The number of allylic oxidation sites excluding steroid dienone is 3. The fourth-order valence-corrected chi connectivity index (χ4v) is 2.87. The summed E-state index contributed by atoms with van der Waals surface area (Å²) in [6.45, 7) is 0. The van der Waals surface area contributed by atoms with Crippen molar-refractivity contribution in [3.8, 4) is 6.07 Å². The van der Waals surface area contributed by atoms with Gasteiger partial charge in [-0.15, -0.1) is 0 Å². The first kappa shape index (κ1) is 13.4. The quantitative estimate of drug-likeness (QED) is 0.860. The van der Waals surface area contributed by atoms with E-state index in [1.165, 1.54) is 12.1 Å². The Bertz CT molecular complexity index is 711. The van der Waals surface area contributed by atoms with E-state index in [1.54, 1.807) is 12.1 Å². The Hall–Kier alpha value is -2.61. The molecule has 1 aliphatic carbocycles. The van der Waals surface area contributed by atoms with Gasteiger partial charge in [-0.25, -0.2) is 4.39 Å². The van der Waals surface area contributed by atoms with Crippen LogP contribution in [0.4, 0.5) is 4.39 Å². The first-order chi connectivity index (χ1) is 10.1. The zero-order valence-corrected chi connectivity index (χ0v) is 11.2. The molecule has 0 unspecified atom stereocenters. The first-order valence-corrected chi connectivity index (χ1v) is 6.71. The Morgan fingerprint density at radius 2 is 2.00 bits per heavy atom. The number of hydrogen-bond donors (Lipinski definition) is 1. The minimum atomic E-state index is -0.427. The molecule has 1 heterocycles. The number of nitriles is 1. The molecule has 106 valence electrons. The molecule has 0 amide bonds. The monoisotopic (exact) mass is 284 g/mol. The van der Waals surface area contributed by atoms with Gasteiger partial charge in [0.05, 0.1) is 0 Å². The summed E-state index contributed by atoms with van der Waals surface area (Å²) in [5.74, 6) is -0.657. The van der Waals surface area contributed by atoms with Crippen molar-refractivity contribution in [1.29, 1.82) is 5.26 Å². The van der Waals surface area contributed by atoms with Gasteiger partial charge in [-0.1, -0.05) is 12.1 Å². The number of Topliss-reactive ketones (excluding diaryl/α,β-unsaturated/α-hetero) is 1. The zero-order valence-electron chi connectivity index (χ0n) is 11.2. The maximum atomic E-state index is 13.1. The molecule has 5 heteroatoms. The summed E-state index contributed by atoms with van der Waals surface area (Å²) >= 11 is 0. The van der Waals surface area contributed by atoms with Gasteiger partial charge < -0.3 is 10.5 Å². The largest absolute Gasteiger partial charge is 0.437 e. The van der Waals surface area contributed by atoms with Gasteiger partial charge in [0.1, 0.15) is 17.5 Å². The molecule has 2 N–H and O–H groups in total. The molecule has 1 aromatic carbocycles. The van der Waals surface area contributed by atoms with Crippen LogP contribution >= 0.6 is 0 Å². The predicted octanol–water partition coefficient (Wildman–Crippen LogP) is 2.64. The molecule has 4 nitrogen and oxygen atoms in total. The highest BCUT2D eigenvalue weighted by molar-refractivity contribution is 5.96. The molecule has 0 radical (unpaired) electrons. The molecule has 21 heavy (non-hydrogen) atoms. The van der Waals surface area contributed by atoms with Crippen molar-refractivity contribution < 1.29 is 13.9 Å². The molecule has 1 atom stereocenters. The number of halogens is 1. The number of ketones is 1. The Labute approximate surface area is 121 Å². The van der Waals surface area contributed by atoms with Crippen molar-refractivity contribution in [3.63, 3.8) is 0 Å². The third-order valence-corrected chi connectivity index (χ3v) is 3.83. The van der Waals surface area contributed by atoms with Crippen LogP contribution in [0.5, 0.6) is 0 Å². The van der Waals surface area contributed by atoms with Crippen molar-refractivity contribution in [1.82, 2.24) is 0 Å². The van der Waals surface area contributed by atoms with Crippen molar-refractivity contribution in [2.75, 3.05) is 0 Å². The lowest BCUT2D eigenvalue weighted by Gasteiger charge is -2.31. The van der Waals surface area contributed by atoms with E-state index in [0.29, 0.717) is 12.8 Å². The molecule has 3 rings (SSSR count). The summed E-state index contributed by atoms with van der Waals surface area (Å²) in [7, 11) is 0. The highest BCUT2D eigenvalue weighted by Gasteiger charge is 2.36. The van der Waals surface area contributed by atoms with Crippen LogP contribution < -0.4 is 5.73 Å². The molecule has 0 bridgehead atoms. The molecule has 0 fully saturated rings. The van der Waals surface area contributed by atoms with Crippen LogP contribution in [0.15, 0.2) is 47.1 Å². The van der Waals surface area contributed by atoms with E-state index in [-0.39, 0.29) is 28.8 Å².